The van der Waals surface area contributed by atoms with E-state index in [2.05, 4.69) is 21.1 Å². The Morgan fingerprint density at radius 3 is 2.80 bits per heavy atom. The monoisotopic (exact) mass is 331 g/mol. The molecule has 1 atom stereocenters. The van der Waals surface area contributed by atoms with Gasteiger partial charge in [-0.15, -0.1) is 0 Å². The molecule has 0 amide bonds. The standard InChI is InChI=1S/C19H17N5O/c20-10-16(17-7-3-4-8-21-17)18(25)13-9-14-12-23-24(19(14)22-11-13)15-5-1-2-6-15/h3-4,7-9,11-12,15-16H,1-2,5-6H2. The summed E-state index contributed by atoms with van der Waals surface area (Å²) in [6.07, 6.45) is 9.56. The number of aromatic nitrogens is 4. The molecular weight excluding hydrogens is 314 g/mol. The summed E-state index contributed by atoms with van der Waals surface area (Å²) in [6, 6.07) is 9.44. The maximum atomic E-state index is 12.8. The SMILES string of the molecule is N#CC(C(=O)c1cnc2c(cnn2C2CCCC2)c1)c1ccccn1. The van der Waals surface area contributed by atoms with E-state index < -0.39 is 5.92 Å². The number of nitrogens with zero attached hydrogens (tertiary/aromatic N) is 5. The van der Waals surface area contributed by atoms with E-state index in [0.29, 0.717) is 17.3 Å². The first-order valence-electron chi connectivity index (χ1n) is 8.46. The number of rotatable bonds is 4. The van der Waals surface area contributed by atoms with Crippen molar-refractivity contribution in [2.24, 2.45) is 0 Å². The number of carbonyl (C=O) groups is 1. The first-order chi connectivity index (χ1) is 12.3. The summed E-state index contributed by atoms with van der Waals surface area (Å²) >= 11 is 0. The van der Waals surface area contributed by atoms with Crippen LogP contribution in [0.5, 0.6) is 0 Å². The van der Waals surface area contributed by atoms with Crippen molar-refractivity contribution in [2.45, 2.75) is 37.6 Å². The quantitative estimate of drug-likeness (QED) is 0.684. The Bertz CT molecular complexity index is 951. The van der Waals surface area contributed by atoms with Crippen molar-refractivity contribution in [1.82, 2.24) is 19.7 Å². The highest BCUT2D eigenvalue weighted by atomic mass is 16.1. The molecule has 3 heterocycles. The van der Waals surface area contributed by atoms with Crippen LogP contribution >= 0.6 is 0 Å². The molecule has 6 nitrogen and oxygen atoms in total. The molecule has 6 heteroatoms. The third kappa shape index (κ3) is 2.78. The van der Waals surface area contributed by atoms with Crippen LogP contribution in [0.25, 0.3) is 11.0 Å². The van der Waals surface area contributed by atoms with Crippen molar-refractivity contribution in [1.29, 1.82) is 5.26 Å². The molecule has 0 spiro atoms. The van der Waals surface area contributed by atoms with Crippen molar-refractivity contribution in [3.63, 3.8) is 0 Å². The molecule has 3 aromatic rings. The Morgan fingerprint density at radius 1 is 1.24 bits per heavy atom. The van der Waals surface area contributed by atoms with Crippen LogP contribution in [0.4, 0.5) is 0 Å². The maximum absolute atomic E-state index is 12.8. The lowest BCUT2D eigenvalue weighted by molar-refractivity contribution is 0.0977. The number of hydrogen-bond donors (Lipinski definition) is 0. The third-order valence-corrected chi connectivity index (χ3v) is 4.76. The van der Waals surface area contributed by atoms with Gasteiger partial charge >= 0.3 is 0 Å². The Hall–Kier alpha value is -3.07. The summed E-state index contributed by atoms with van der Waals surface area (Å²) in [5.41, 5.74) is 1.67. The number of carbonyl (C=O) groups excluding carboxylic acids is 1. The summed E-state index contributed by atoms with van der Waals surface area (Å²) in [5.74, 6) is -1.21. The van der Waals surface area contributed by atoms with Crippen LogP contribution in [0.2, 0.25) is 0 Å². The summed E-state index contributed by atoms with van der Waals surface area (Å²) in [4.78, 5) is 21.4. The predicted molar refractivity (Wildman–Crippen MR) is 92.0 cm³/mol. The van der Waals surface area contributed by atoms with E-state index in [-0.39, 0.29) is 5.78 Å². The molecule has 0 aromatic carbocycles. The first kappa shape index (κ1) is 15.5. The smallest absolute Gasteiger partial charge is 0.187 e. The Morgan fingerprint density at radius 2 is 2.08 bits per heavy atom. The van der Waals surface area contributed by atoms with Crippen LogP contribution in [-0.4, -0.2) is 25.5 Å². The normalized spacial score (nSPS) is 16.0. The Kier molecular flexibility index (Phi) is 3.98. The van der Waals surface area contributed by atoms with Gasteiger partial charge < -0.3 is 0 Å². The maximum Gasteiger partial charge on any atom is 0.187 e. The average Bonchev–Trinajstić information content (AvgIpc) is 3.32. The largest absolute Gasteiger partial charge is 0.292 e. The van der Waals surface area contributed by atoms with Crippen LogP contribution < -0.4 is 0 Å². The molecule has 1 fully saturated rings. The van der Waals surface area contributed by atoms with E-state index in [1.807, 2.05) is 4.68 Å². The number of pyridine rings is 2. The fourth-order valence-electron chi connectivity index (χ4n) is 3.46. The van der Waals surface area contributed by atoms with Gasteiger partial charge in [-0.05, 0) is 31.0 Å². The second kappa shape index (κ2) is 6.44. The van der Waals surface area contributed by atoms with E-state index in [4.69, 9.17) is 0 Å². The molecule has 124 valence electrons. The van der Waals surface area contributed by atoms with Crippen LogP contribution in [0.15, 0.2) is 42.9 Å². The van der Waals surface area contributed by atoms with Gasteiger partial charge in [0.15, 0.2) is 17.3 Å². The zero-order valence-corrected chi connectivity index (χ0v) is 13.7. The van der Waals surface area contributed by atoms with Gasteiger partial charge in [-0.3, -0.25) is 9.78 Å². The van der Waals surface area contributed by atoms with Gasteiger partial charge in [0.25, 0.3) is 0 Å². The molecule has 0 bridgehead atoms. The van der Waals surface area contributed by atoms with Gasteiger partial charge in [0, 0.05) is 23.3 Å². The lowest BCUT2D eigenvalue weighted by Gasteiger charge is -2.11. The molecule has 0 radical (unpaired) electrons. The molecule has 0 aliphatic heterocycles. The zero-order chi connectivity index (χ0) is 17.2. The highest BCUT2D eigenvalue weighted by molar-refractivity contribution is 6.04. The second-order valence-electron chi connectivity index (χ2n) is 6.35. The fourth-order valence-corrected chi connectivity index (χ4v) is 3.46. The number of nitriles is 1. The number of ketones is 1. The molecule has 1 aliphatic rings. The van der Waals surface area contributed by atoms with Crippen LogP contribution in [0.1, 0.15) is 53.7 Å². The minimum atomic E-state index is -0.926. The van der Waals surface area contributed by atoms with Gasteiger partial charge in [-0.1, -0.05) is 18.9 Å². The van der Waals surface area contributed by atoms with Crippen molar-refractivity contribution in [2.75, 3.05) is 0 Å². The molecule has 1 unspecified atom stereocenters. The minimum absolute atomic E-state index is 0.288. The highest BCUT2D eigenvalue weighted by Crippen LogP contribution is 2.31. The molecule has 1 saturated carbocycles. The van der Waals surface area contributed by atoms with E-state index in [1.165, 1.54) is 12.8 Å². The van der Waals surface area contributed by atoms with Crippen molar-refractivity contribution < 1.29 is 4.79 Å². The van der Waals surface area contributed by atoms with Crippen molar-refractivity contribution >= 4 is 16.8 Å². The molecule has 0 N–H and O–H groups in total. The minimum Gasteiger partial charge on any atom is -0.292 e. The van der Waals surface area contributed by atoms with Gasteiger partial charge in [0.2, 0.25) is 0 Å². The number of fused-ring (bicyclic) bond motifs is 1. The Labute approximate surface area is 145 Å². The Balaban J connectivity index is 1.67. The summed E-state index contributed by atoms with van der Waals surface area (Å²) in [7, 11) is 0. The van der Waals surface area contributed by atoms with Gasteiger partial charge in [-0.2, -0.15) is 10.4 Å². The lowest BCUT2D eigenvalue weighted by Crippen LogP contribution is -2.13. The number of Topliss-reactive ketones (excluding diaryl/α,β-unsaturated/α-hetero) is 1. The van der Waals surface area contributed by atoms with E-state index in [1.54, 1.807) is 42.9 Å². The lowest BCUT2D eigenvalue weighted by atomic mass is 9.96. The molecule has 25 heavy (non-hydrogen) atoms. The average molecular weight is 331 g/mol. The molecule has 4 rings (SSSR count). The predicted octanol–water partition coefficient (Wildman–Crippen LogP) is 3.43. The summed E-state index contributed by atoms with van der Waals surface area (Å²) < 4.78 is 1.97. The van der Waals surface area contributed by atoms with Crippen molar-refractivity contribution in [3.05, 3.63) is 54.1 Å². The second-order valence-corrected chi connectivity index (χ2v) is 6.35. The summed E-state index contributed by atoms with van der Waals surface area (Å²) in [6.45, 7) is 0. The van der Waals surface area contributed by atoms with E-state index in [0.717, 1.165) is 23.9 Å². The van der Waals surface area contributed by atoms with Crippen molar-refractivity contribution in [3.8, 4) is 6.07 Å². The van der Waals surface area contributed by atoms with Gasteiger partial charge in [0.05, 0.1) is 24.0 Å². The topological polar surface area (TPSA) is 84.5 Å². The zero-order valence-electron chi connectivity index (χ0n) is 13.7. The van der Waals surface area contributed by atoms with Crippen LogP contribution in [0.3, 0.4) is 0 Å². The summed E-state index contributed by atoms with van der Waals surface area (Å²) in [5, 5.41) is 14.7. The number of hydrogen-bond acceptors (Lipinski definition) is 5. The fraction of sp³-hybridized carbons (Fsp3) is 0.316. The molecular formula is C19H17N5O. The molecule has 1 aliphatic carbocycles. The third-order valence-electron chi connectivity index (χ3n) is 4.76. The van der Waals surface area contributed by atoms with Gasteiger partial charge in [-0.25, -0.2) is 9.67 Å². The molecule has 3 aromatic heterocycles. The first-order valence-corrected chi connectivity index (χ1v) is 8.46. The van der Waals surface area contributed by atoms with Gasteiger partial charge in [0.1, 0.15) is 0 Å². The van der Waals surface area contributed by atoms with Crippen LogP contribution in [-0.2, 0) is 0 Å². The van der Waals surface area contributed by atoms with E-state index >= 15 is 0 Å². The van der Waals surface area contributed by atoms with Crippen LogP contribution in [0, 0.1) is 11.3 Å². The van der Waals surface area contributed by atoms with E-state index in [9.17, 15) is 10.1 Å². The molecule has 0 saturated heterocycles. The highest BCUT2D eigenvalue weighted by Gasteiger charge is 2.25.